The van der Waals surface area contributed by atoms with Gasteiger partial charge in [0, 0.05) is 5.56 Å². The zero-order valence-electron chi connectivity index (χ0n) is 12.4. The molecule has 1 unspecified atom stereocenters. The maximum Gasteiger partial charge on any atom is 0.196 e. The van der Waals surface area contributed by atoms with Crippen LogP contribution in [0.15, 0.2) is 64.8 Å². The smallest absolute Gasteiger partial charge is 0.196 e. The Labute approximate surface area is 128 Å². The molecule has 0 saturated heterocycles. The first-order valence-electron chi connectivity index (χ1n) is 6.76. The van der Waals surface area contributed by atoms with Gasteiger partial charge in [0.25, 0.3) is 0 Å². The van der Waals surface area contributed by atoms with Gasteiger partial charge in [0.05, 0.1) is 12.8 Å². The number of hydrogen-bond donors (Lipinski definition) is 0. The van der Waals surface area contributed by atoms with Crippen molar-refractivity contribution in [3.8, 4) is 5.75 Å². The first kappa shape index (κ1) is 15.6. The first-order valence-corrected chi connectivity index (χ1v) is 6.76. The van der Waals surface area contributed by atoms with Gasteiger partial charge in [-0.1, -0.05) is 18.2 Å². The molecular formula is C17H16N2O3. The molecule has 0 aliphatic heterocycles. The number of benzene rings is 2. The zero-order valence-corrected chi connectivity index (χ0v) is 12.4. The lowest BCUT2D eigenvalue weighted by molar-refractivity contribution is -0.117. The lowest BCUT2D eigenvalue weighted by Gasteiger charge is -2.07. The lowest BCUT2D eigenvalue weighted by atomic mass is 10.0. The van der Waals surface area contributed by atoms with Crippen LogP contribution in [0.5, 0.6) is 5.75 Å². The van der Waals surface area contributed by atoms with Gasteiger partial charge >= 0.3 is 0 Å². The van der Waals surface area contributed by atoms with Gasteiger partial charge in [-0.3, -0.25) is 9.59 Å². The van der Waals surface area contributed by atoms with E-state index >= 15 is 0 Å². The Hall–Kier alpha value is -2.82. The van der Waals surface area contributed by atoms with Crippen LogP contribution < -0.4 is 4.74 Å². The molecule has 0 bridgehead atoms. The molecule has 0 spiro atoms. The summed E-state index contributed by atoms with van der Waals surface area (Å²) in [4.78, 5) is 24.1. The van der Waals surface area contributed by atoms with Crippen molar-refractivity contribution in [2.75, 3.05) is 7.11 Å². The van der Waals surface area contributed by atoms with Crippen LogP contribution in [0.1, 0.15) is 17.3 Å². The topological polar surface area (TPSA) is 68.1 Å². The average molecular weight is 296 g/mol. The maximum absolute atomic E-state index is 12.4. The van der Waals surface area contributed by atoms with Gasteiger partial charge in [0.15, 0.2) is 17.6 Å². The molecule has 2 aromatic carbocycles. The minimum absolute atomic E-state index is 0.347. The van der Waals surface area contributed by atoms with E-state index in [9.17, 15) is 9.59 Å². The van der Waals surface area contributed by atoms with E-state index in [2.05, 4.69) is 10.2 Å². The molecule has 2 aromatic rings. The number of nitrogens with zero attached hydrogens (tertiary/aromatic N) is 2. The molecule has 22 heavy (non-hydrogen) atoms. The molecule has 5 heteroatoms. The molecule has 0 aliphatic carbocycles. The van der Waals surface area contributed by atoms with E-state index in [1.54, 1.807) is 43.5 Å². The Balaban J connectivity index is 2.21. The number of Topliss-reactive ketones (excluding diaryl/α,β-unsaturated/α-hetero) is 2. The van der Waals surface area contributed by atoms with E-state index in [1.807, 2.05) is 18.2 Å². The maximum atomic E-state index is 12.4. The van der Waals surface area contributed by atoms with Crippen LogP contribution in [-0.4, -0.2) is 24.7 Å². The van der Waals surface area contributed by atoms with Gasteiger partial charge in [-0.25, -0.2) is 0 Å². The van der Waals surface area contributed by atoms with E-state index in [1.165, 1.54) is 6.92 Å². The Morgan fingerprint density at radius 3 is 2.18 bits per heavy atom. The van der Waals surface area contributed by atoms with Gasteiger partial charge in [0.1, 0.15) is 5.75 Å². The molecule has 0 aromatic heterocycles. The van der Waals surface area contributed by atoms with E-state index in [0.717, 1.165) is 0 Å². The monoisotopic (exact) mass is 296 g/mol. The van der Waals surface area contributed by atoms with E-state index in [-0.39, 0.29) is 11.6 Å². The fraction of sp³-hybridized carbons (Fsp3) is 0.176. The molecule has 0 N–H and O–H groups in total. The summed E-state index contributed by atoms with van der Waals surface area (Å²) in [6.07, 6.45) is 0. The number of methoxy groups -OCH3 is 1. The second kappa shape index (κ2) is 7.26. The van der Waals surface area contributed by atoms with E-state index in [0.29, 0.717) is 17.0 Å². The molecule has 0 amide bonds. The molecule has 0 radical (unpaired) electrons. The van der Waals surface area contributed by atoms with Crippen LogP contribution in [0.2, 0.25) is 0 Å². The highest BCUT2D eigenvalue weighted by Gasteiger charge is 2.24. The predicted octanol–water partition coefficient (Wildman–Crippen LogP) is 3.62. The van der Waals surface area contributed by atoms with Crippen molar-refractivity contribution < 1.29 is 14.3 Å². The van der Waals surface area contributed by atoms with Gasteiger partial charge < -0.3 is 4.74 Å². The summed E-state index contributed by atoms with van der Waals surface area (Å²) in [6, 6.07) is 14.4. The summed E-state index contributed by atoms with van der Waals surface area (Å²) in [5.74, 6) is -0.0860. The minimum Gasteiger partial charge on any atom is -0.497 e. The van der Waals surface area contributed by atoms with Gasteiger partial charge in [-0.05, 0) is 43.3 Å². The molecule has 5 nitrogen and oxygen atoms in total. The fourth-order valence-corrected chi connectivity index (χ4v) is 1.85. The third-order valence-electron chi connectivity index (χ3n) is 3.05. The summed E-state index contributed by atoms with van der Waals surface area (Å²) < 4.78 is 5.04. The van der Waals surface area contributed by atoms with Crippen molar-refractivity contribution in [2.24, 2.45) is 10.2 Å². The van der Waals surface area contributed by atoms with Crippen molar-refractivity contribution in [1.29, 1.82) is 0 Å². The number of ketones is 2. The van der Waals surface area contributed by atoms with Crippen LogP contribution in [0.4, 0.5) is 5.69 Å². The van der Waals surface area contributed by atoms with Gasteiger partial charge in [-0.15, -0.1) is 0 Å². The second-order valence-corrected chi connectivity index (χ2v) is 4.66. The summed E-state index contributed by atoms with van der Waals surface area (Å²) in [5.41, 5.74) is 0.990. The largest absolute Gasteiger partial charge is 0.497 e. The highest BCUT2D eigenvalue weighted by atomic mass is 16.5. The van der Waals surface area contributed by atoms with Crippen LogP contribution in [-0.2, 0) is 4.79 Å². The summed E-state index contributed by atoms with van der Waals surface area (Å²) in [7, 11) is 1.54. The van der Waals surface area contributed by atoms with Crippen molar-refractivity contribution >= 4 is 17.3 Å². The predicted molar refractivity (Wildman–Crippen MR) is 82.8 cm³/mol. The summed E-state index contributed by atoms with van der Waals surface area (Å²) >= 11 is 0. The Bertz CT molecular complexity index is 679. The van der Waals surface area contributed by atoms with Crippen LogP contribution in [0.3, 0.4) is 0 Å². The van der Waals surface area contributed by atoms with Crippen LogP contribution >= 0.6 is 0 Å². The number of carbonyl (C=O) groups is 2. The summed E-state index contributed by atoms with van der Waals surface area (Å²) in [6.45, 7) is 1.33. The van der Waals surface area contributed by atoms with E-state index in [4.69, 9.17) is 4.74 Å². The summed E-state index contributed by atoms with van der Waals surface area (Å²) in [5, 5.41) is 7.87. The van der Waals surface area contributed by atoms with Gasteiger partial charge in [0.2, 0.25) is 0 Å². The molecule has 1 atom stereocenters. The normalized spacial score (nSPS) is 12.1. The van der Waals surface area contributed by atoms with Crippen molar-refractivity contribution in [3.05, 3.63) is 60.2 Å². The fourth-order valence-electron chi connectivity index (χ4n) is 1.85. The molecule has 0 saturated carbocycles. The third kappa shape index (κ3) is 3.85. The average Bonchev–Trinajstić information content (AvgIpc) is 2.55. The third-order valence-corrected chi connectivity index (χ3v) is 3.05. The van der Waals surface area contributed by atoms with Crippen molar-refractivity contribution in [1.82, 2.24) is 0 Å². The number of carbonyl (C=O) groups excluding carboxylic acids is 2. The first-order chi connectivity index (χ1) is 10.6. The highest BCUT2D eigenvalue weighted by Crippen LogP contribution is 2.16. The second-order valence-electron chi connectivity index (χ2n) is 4.66. The number of rotatable bonds is 6. The standard InChI is InChI=1S/C17H16N2O3/c1-12(20)16(19-18-14-6-4-3-5-7-14)17(21)13-8-10-15(22-2)11-9-13/h3-11,16H,1-2H3. The molecule has 2 rings (SSSR count). The number of ether oxygens (including phenoxy) is 1. The van der Waals surface area contributed by atoms with Crippen LogP contribution in [0, 0.1) is 0 Å². The number of hydrogen-bond acceptors (Lipinski definition) is 5. The highest BCUT2D eigenvalue weighted by molar-refractivity contribution is 6.13. The Kier molecular flexibility index (Phi) is 5.14. The van der Waals surface area contributed by atoms with Crippen LogP contribution in [0.25, 0.3) is 0 Å². The van der Waals surface area contributed by atoms with Gasteiger partial charge in [-0.2, -0.15) is 10.2 Å². The van der Waals surface area contributed by atoms with Crippen molar-refractivity contribution in [2.45, 2.75) is 13.0 Å². The molecule has 112 valence electrons. The Morgan fingerprint density at radius 2 is 1.64 bits per heavy atom. The van der Waals surface area contributed by atoms with E-state index < -0.39 is 6.04 Å². The molecule has 0 heterocycles. The SMILES string of the molecule is COc1ccc(C(=O)C(N=Nc2ccccc2)C(C)=O)cc1. The number of azo groups is 1. The Morgan fingerprint density at radius 1 is 1.00 bits per heavy atom. The van der Waals surface area contributed by atoms with Crippen molar-refractivity contribution in [3.63, 3.8) is 0 Å². The zero-order chi connectivity index (χ0) is 15.9. The molecule has 0 aliphatic rings. The lowest BCUT2D eigenvalue weighted by Crippen LogP contribution is -2.26. The quantitative estimate of drug-likeness (QED) is 0.464. The minimum atomic E-state index is -1.13. The molecule has 0 fully saturated rings. The molecular weight excluding hydrogens is 280 g/mol.